The number of nitrogens with two attached hydrogens (primary N) is 1. The lowest BCUT2D eigenvalue weighted by Crippen LogP contribution is -2.13. The minimum Gasteiger partial charge on any atom is -0.396 e. The molecule has 1 aliphatic heterocycles. The molecule has 3 N–H and O–H groups in total. The highest BCUT2D eigenvalue weighted by atomic mass is 16.3. The first-order valence-corrected chi connectivity index (χ1v) is 3.43. The molecule has 2 unspecified atom stereocenters. The number of hydrogen-bond donors (Lipinski definition) is 2. The first-order chi connectivity index (χ1) is 4.38. The average Bonchev–Trinajstić information content (AvgIpc) is 2.62. The third-order valence-corrected chi connectivity index (χ3v) is 1.70. The van der Waals surface area contributed by atoms with Crippen LogP contribution in [-0.2, 0) is 0 Å². The van der Waals surface area contributed by atoms with Crippen molar-refractivity contribution < 1.29 is 5.11 Å². The molecule has 54 valence electrons. The fourth-order valence-corrected chi connectivity index (χ4v) is 0.995. The van der Waals surface area contributed by atoms with Gasteiger partial charge in [0, 0.05) is 32.3 Å². The van der Waals surface area contributed by atoms with Gasteiger partial charge in [0.1, 0.15) is 0 Å². The predicted octanol–water partition coefficient (Wildman–Crippen LogP) is -0.988. The van der Waals surface area contributed by atoms with Gasteiger partial charge in [-0.2, -0.15) is 0 Å². The standard InChI is InChI=1S/C6H14N2O/c7-4-6-5-8(6)2-1-3-9/h6,9H,1-5,7H2. The second-order valence-corrected chi connectivity index (χ2v) is 2.46. The van der Waals surface area contributed by atoms with Crippen LogP contribution >= 0.6 is 0 Å². The van der Waals surface area contributed by atoms with Crippen molar-refractivity contribution >= 4 is 0 Å². The Balaban J connectivity index is 1.92. The molecule has 3 nitrogen and oxygen atoms in total. The molecule has 0 aromatic rings. The highest BCUT2D eigenvalue weighted by molar-refractivity contribution is 4.89. The van der Waals surface area contributed by atoms with Crippen molar-refractivity contribution in [3.8, 4) is 0 Å². The van der Waals surface area contributed by atoms with Crippen LogP contribution in [-0.4, -0.2) is 42.3 Å². The van der Waals surface area contributed by atoms with Gasteiger partial charge in [0.25, 0.3) is 0 Å². The number of rotatable bonds is 4. The maximum Gasteiger partial charge on any atom is 0.0443 e. The van der Waals surface area contributed by atoms with Gasteiger partial charge in [-0.15, -0.1) is 0 Å². The zero-order valence-corrected chi connectivity index (χ0v) is 5.58. The minimum absolute atomic E-state index is 0.299. The smallest absolute Gasteiger partial charge is 0.0443 e. The van der Waals surface area contributed by atoms with Crippen LogP contribution in [0.2, 0.25) is 0 Å². The molecule has 2 atom stereocenters. The Labute approximate surface area is 55.5 Å². The van der Waals surface area contributed by atoms with Gasteiger partial charge in [0.2, 0.25) is 0 Å². The number of nitrogens with zero attached hydrogens (tertiary/aromatic N) is 1. The molecular formula is C6H14N2O. The highest BCUT2D eigenvalue weighted by Crippen LogP contribution is 2.14. The Morgan fingerprint density at radius 2 is 2.44 bits per heavy atom. The average molecular weight is 130 g/mol. The van der Waals surface area contributed by atoms with Crippen LogP contribution in [0.5, 0.6) is 0 Å². The lowest BCUT2D eigenvalue weighted by atomic mass is 10.4. The molecule has 1 fully saturated rings. The Morgan fingerprint density at radius 1 is 1.67 bits per heavy atom. The van der Waals surface area contributed by atoms with Crippen LogP contribution in [0.4, 0.5) is 0 Å². The van der Waals surface area contributed by atoms with E-state index in [0.29, 0.717) is 12.6 Å². The monoisotopic (exact) mass is 130 g/mol. The van der Waals surface area contributed by atoms with E-state index in [2.05, 4.69) is 4.90 Å². The van der Waals surface area contributed by atoms with Crippen LogP contribution < -0.4 is 5.73 Å². The van der Waals surface area contributed by atoms with Gasteiger partial charge in [-0.1, -0.05) is 0 Å². The van der Waals surface area contributed by atoms with Gasteiger partial charge in [-0.05, 0) is 6.42 Å². The minimum atomic E-state index is 0.299. The van der Waals surface area contributed by atoms with Crippen LogP contribution in [0.1, 0.15) is 6.42 Å². The normalized spacial score (nSPS) is 32.7. The summed E-state index contributed by atoms with van der Waals surface area (Å²) in [6.45, 7) is 3.22. The second kappa shape index (κ2) is 3.15. The van der Waals surface area contributed by atoms with E-state index in [1.54, 1.807) is 0 Å². The van der Waals surface area contributed by atoms with Gasteiger partial charge < -0.3 is 10.8 Å². The summed E-state index contributed by atoms with van der Waals surface area (Å²) < 4.78 is 0. The summed E-state index contributed by atoms with van der Waals surface area (Å²) in [5.74, 6) is 0. The molecule has 9 heavy (non-hydrogen) atoms. The Morgan fingerprint density at radius 3 is 2.89 bits per heavy atom. The molecule has 3 heteroatoms. The summed E-state index contributed by atoms with van der Waals surface area (Å²) in [6, 6.07) is 0.622. The summed E-state index contributed by atoms with van der Waals surface area (Å²) in [5.41, 5.74) is 5.39. The molecule has 0 aliphatic carbocycles. The predicted molar refractivity (Wildman–Crippen MR) is 36.1 cm³/mol. The summed E-state index contributed by atoms with van der Waals surface area (Å²) in [6.07, 6.45) is 0.885. The molecule has 1 rings (SSSR count). The van der Waals surface area contributed by atoms with E-state index in [0.717, 1.165) is 26.1 Å². The van der Waals surface area contributed by atoms with E-state index in [-0.39, 0.29) is 0 Å². The SMILES string of the molecule is NCC1CN1CCCO. The molecule has 0 radical (unpaired) electrons. The van der Waals surface area contributed by atoms with Crippen molar-refractivity contribution in [1.82, 2.24) is 4.90 Å². The van der Waals surface area contributed by atoms with Gasteiger partial charge >= 0.3 is 0 Å². The topological polar surface area (TPSA) is 49.3 Å². The molecule has 0 saturated carbocycles. The first kappa shape index (κ1) is 6.99. The molecule has 0 aromatic heterocycles. The Hall–Kier alpha value is -0.120. The van der Waals surface area contributed by atoms with Crippen LogP contribution in [0.15, 0.2) is 0 Å². The maximum absolute atomic E-state index is 8.44. The number of aliphatic hydroxyl groups excluding tert-OH is 1. The lowest BCUT2D eigenvalue weighted by Gasteiger charge is -1.97. The van der Waals surface area contributed by atoms with E-state index in [4.69, 9.17) is 10.8 Å². The fraction of sp³-hybridized carbons (Fsp3) is 1.00. The van der Waals surface area contributed by atoms with Crippen LogP contribution in [0.3, 0.4) is 0 Å². The highest BCUT2D eigenvalue weighted by Gasteiger charge is 2.30. The van der Waals surface area contributed by atoms with Crippen LogP contribution in [0.25, 0.3) is 0 Å². The summed E-state index contributed by atoms with van der Waals surface area (Å²) in [7, 11) is 0. The second-order valence-electron chi connectivity index (χ2n) is 2.46. The third-order valence-electron chi connectivity index (χ3n) is 1.70. The van der Waals surface area contributed by atoms with Gasteiger partial charge in [0.05, 0.1) is 0 Å². The largest absolute Gasteiger partial charge is 0.396 e. The molecule has 0 spiro atoms. The van der Waals surface area contributed by atoms with Crippen molar-refractivity contribution in [2.75, 3.05) is 26.2 Å². The molecule has 0 amide bonds. The van der Waals surface area contributed by atoms with Crippen molar-refractivity contribution in [3.05, 3.63) is 0 Å². The Kier molecular flexibility index (Phi) is 2.45. The first-order valence-electron chi connectivity index (χ1n) is 3.43. The van der Waals surface area contributed by atoms with E-state index in [1.807, 2.05) is 0 Å². The third kappa shape index (κ3) is 1.93. The molecule has 0 bridgehead atoms. The zero-order valence-electron chi connectivity index (χ0n) is 5.58. The molecule has 1 aliphatic rings. The van der Waals surface area contributed by atoms with E-state index < -0.39 is 0 Å². The van der Waals surface area contributed by atoms with E-state index >= 15 is 0 Å². The van der Waals surface area contributed by atoms with Crippen molar-refractivity contribution in [3.63, 3.8) is 0 Å². The lowest BCUT2D eigenvalue weighted by molar-refractivity contribution is 0.275. The molecule has 1 heterocycles. The fourth-order valence-electron chi connectivity index (χ4n) is 0.995. The van der Waals surface area contributed by atoms with Gasteiger partial charge in [0.15, 0.2) is 0 Å². The maximum atomic E-state index is 8.44. The number of hydrogen-bond acceptors (Lipinski definition) is 3. The quantitative estimate of drug-likeness (QED) is 0.480. The zero-order chi connectivity index (χ0) is 6.69. The molecule has 1 saturated heterocycles. The van der Waals surface area contributed by atoms with Gasteiger partial charge in [-0.25, -0.2) is 0 Å². The summed E-state index contributed by atoms with van der Waals surface area (Å²) in [5, 5.41) is 8.44. The van der Waals surface area contributed by atoms with E-state index in [9.17, 15) is 0 Å². The molecular weight excluding hydrogens is 116 g/mol. The van der Waals surface area contributed by atoms with Crippen molar-refractivity contribution in [1.29, 1.82) is 0 Å². The van der Waals surface area contributed by atoms with E-state index in [1.165, 1.54) is 0 Å². The molecule has 0 aromatic carbocycles. The van der Waals surface area contributed by atoms with Crippen LogP contribution in [0, 0.1) is 0 Å². The van der Waals surface area contributed by atoms with Crippen molar-refractivity contribution in [2.24, 2.45) is 5.73 Å². The summed E-state index contributed by atoms with van der Waals surface area (Å²) >= 11 is 0. The van der Waals surface area contributed by atoms with Gasteiger partial charge in [-0.3, -0.25) is 4.90 Å². The number of aliphatic hydroxyl groups is 1. The summed E-state index contributed by atoms with van der Waals surface area (Å²) in [4.78, 5) is 2.27. The Bertz CT molecular complexity index is 87.1. The van der Waals surface area contributed by atoms with Crippen molar-refractivity contribution in [2.45, 2.75) is 12.5 Å².